The van der Waals surface area contributed by atoms with E-state index in [4.69, 9.17) is 0 Å². The summed E-state index contributed by atoms with van der Waals surface area (Å²) in [5.74, 6) is 0.130. The Morgan fingerprint density at radius 1 is 1.69 bits per heavy atom. The summed E-state index contributed by atoms with van der Waals surface area (Å²) in [4.78, 5) is 12.9. The number of hydrogen-bond acceptors (Lipinski definition) is 3. The zero-order valence-electron chi connectivity index (χ0n) is 9.13. The number of carbonyl (C=O) groups is 1. The fourth-order valence-corrected chi connectivity index (χ4v) is 3.66. The van der Waals surface area contributed by atoms with Crippen LogP contribution in [0.25, 0.3) is 0 Å². The molecule has 2 unspecified atom stereocenters. The second kappa shape index (κ2) is 5.29. The summed E-state index contributed by atoms with van der Waals surface area (Å²) in [6.45, 7) is 2.91. The van der Waals surface area contributed by atoms with E-state index in [0.29, 0.717) is 0 Å². The van der Waals surface area contributed by atoms with Gasteiger partial charge in [-0.25, -0.2) is 0 Å². The van der Waals surface area contributed by atoms with Crippen molar-refractivity contribution >= 4 is 33.2 Å². The van der Waals surface area contributed by atoms with Crippen LogP contribution in [0.15, 0.2) is 15.9 Å². The smallest absolute Gasteiger partial charge is 0.237 e. The van der Waals surface area contributed by atoms with Gasteiger partial charge in [0.25, 0.3) is 0 Å². The summed E-state index contributed by atoms with van der Waals surface area (Å²) < 4.78 is 1.12. The highest BCUT2D eigenvalue weighted by molar-refractivity contribution is 9.10. The minimum absolute atomic E-state index is 0.0438. The molecule has 2 N–H and O–H groups in total. The van der Waals surface area contributed by atoms with Gasteiger partial charge in [-0.05, 0) is 47.1 Å². The summed E-state index contributed by atoms with van der Waals surface area (Å²) in [6, 6.07) is 2.21. The molecule has 5 heteroatoms. The number of nitrogens with one attached hydrogen (secondary N) is 2. The quantitative estimate of drug-likeness (QED) is 0.900. The van der Waals surface area contributed by atoms with Crippen molar-refractivity contribution in [3.05, 3.63) is 20.8 Å². The van der Waals surface area contributed by atoms with Gasteiger partial charge in [0.2, 0.25) is 5.91 Å². The van der Waals surface area contributed by atoms with Crippen molar-refractivity contribution in [2.24, 2.45) is 0 Å². The molecule has 0 saturated carbocycles. The van der Waals surface area contributed by atoms with E-state index in [2.05, 4.69) is 38.9 Å². The number of hydrogen-bond donors (Lipinski definition) is 2. The average molecular weight is 303 g/mol. The van der Waals surface area contributed by atoms with Crippen LogP contribution < -0.4 is 10.6 Å². The lowest BCUT2D eigenvalue weighted by molar-refractivity contribution is -0.124. The third-order valence-electron chi connectivity index (χ3n) is 2.77. The van der Waals surface area contributed by atoms with Gasteiger partial charge in [-0.2, -0.15) is 0 Å². The van der Waals surface area contributed by atoms with E-state index in [0.717, 1.165) is 23.9 Å². The van der Waals surface area contributed by atoms with Gasteiger partial charge < -0.3 is 5.32 Å². The Hall–Kier alpha value is -0.390. The van der Waals surface area contributed by atoms with Crippen LogP contribution in [0.5, 0.6) is 0 Å². The van der Waals surface area contributed by atoms with Crippen molar-refractivity contribution in [2.45, 2.75) is 31.8 Å². The van der Waals surface area contributed by atoms with Crippen LogP contribution in [0, 0.1) is 0 Å². The molecule has 1 aliphatic rings. The Kier molecular flexibility index (Phi) is 4.00. The van der Waals surface area contributed by atoms with Crippen LogP contribution in [-0.2, 0) is 4.79 Å². The molecule has 88 valence electrons. The molecule has 1 aliphatic heterocycles. The van der Waals surface area contributed by atoms with Crippen molar-refractivity contribution < 1.29 is 4.79 Å². The van der Waals surface area contributed by atoms with Crippen LogP contribution in [0.1, 0.15) is 30.7 Å². The molecule has 2 atom stereocenters. The minimum Gasteiger partial charge on any atom is -0.355 e. The molecular weight excluding hydrogens is 288 g/mol. The molecule has 2 heterocycles. The lowest BCUT2D eigenvalue weighted by Crippen LogP contribution is -2.48. The average Bonchev–Trinajstić information content (AvgIpc) is 2.68. The normalized spacial score (nSPS) is 22.9. The fraction of sp³-hybridized carbons (Fsp3) is 0.545. The van der Waals surface area contributed by atoms with Gasteiger partial charge in [0.15, 0.2) is 0 Å². The molecule has 1 aromatic heterocycles. The minimum atomic E-state index is -0.0438. The molecule has 0 aromatic carbocycles. The van der Waals surface area contributed by atoms with Gasteiger partial charge in [-0.3, -0.25) is 10.1 Å². The summed E-state index contributed by atoms with van der Waals surface area (Å²) in [7, 11) is 0. The molecule has 2 rings (SSSR count). The lowest BCUT2D eigenvalue weighted by Gasteiger charge is -2.26. The zero-order valence-corrected chi connectivity index (χ0v) is 11.5. The lowest BCUT2D eigenvalue weighted by atomic mass is 10.1. The highest BCUT2D eigenvalue weighted by Crippen LogP contribution is 2.29. The first-order valence-electron chi connectivity index (χ1n) is 5.45. The van der Waals surface area contributed by atoms with Crippen molar-refractivity contribution in [3.63, 3.8) is 0 Å². The van der Waals surface area contributed by atoms with Crippen LogP contribution >= 0.6 is 27.3 Å². The molecule has 16 heavy (non-hydrogen) atoms. The van der Waals surface area contributed by atoms with Crippen molar-refractivity contribution in [1.82, 2.24) is 10.6 Å². The van der Waals surface area contributed by atoms with Gasteiger partial charge in [-0.1, -0.05) is 0 Å². The molecular formula is C11H15BrN2OS. The second-order valence-corrected chi connectivity index (χ2v) is 5.81. The molecule has 1 fully saturated rings. The molecule has 1 amide bonds. The number of rotatable bonds is 3. The van der Waals surface area contributed by atoms with Gasteiger partial charge in [-0.15, -0.1) is 11.3 Å². The van der Waals surface area contributed by atoms with E-state index in [9.17, 15) is 4.79 Å². The molecule has 0 bridgehead atoms. The Balaban J connectivity index is 1.99. The van der Waals surface area contributed by atoms with E-state index in [1.54, 1.807) is 11.3 Å². The second-order valence-electron chi connectivity index (χ2n) is 4.01. The maximum Gasteiger partial charge on any atom is 0.237 e. The summed E-state index contributed by atoms with van der Waals surface area (Å²) in [5, 5.41) is 8.32. The van der Waals surface area contributed by atoms with Crippen molar-refractivity contribution in [3.8, 4) is 0 Å². The van der Waals surface area contributed by atoms with Crippen LogP contribution in [0.4, 0.5) is 0 Å². The topological polar surface area (TPSA) is 41.1 Å². The van der Waals surface area contributed by atoms with Crippen molar-refractivity contribution in [2.75, 3.05) is 6.54 Å². The zero-order chi connectivity index (χ0) is 11.5. The molecule has 3 nitrogen and oxygen atoms in total. The summed E-state index contributed by atoms with van der Waals surface area (Å²) in [6.07, 6.45) is 1.99. The van der Waals surface area contributed by atoms with Crippen LogP contribution in [0.2, 0.25) is 0 Å². The third-order valence-corrected chi connectivity index (χ3v) is 4.83. The summed E-state index contributed by atoms with van der Waals surface area (Å²) in [5.41, 5.74) is 0. The van der Waals surface area contributed by atoms with E-state index >= 15 is 0 Å². The third kappa shape index (κ3) is 2.64. The molecule has 1 saturated heterocycles. The number of piperidine rings is 1. The number of halogens is 1. The summed E-state index contributed by atoms with van der Waals surface area (Å²) >= 11 is 5.22. The highest BCUT2D eigenvalue weighted by atomic mass is 79.9. The van der Waals surface area contributed by atoms with Crippen LogP contribution in [0.3, 0.4) is 0 Å². The highest BCUT2D eigenvalue weighted by Gasteiger charge is 2.24. The van der Waals surface area contributed by atoms with Crippen LogP contribution in [-0.4, -0.2) is 18.5 Å². The monoisotopic (exact) mass is 302 g/mol. The van der Waals surface area contributed by atoms with Gasteiger partial charge in [0.1, 0.15) is 0 Å². The Morgan fingerprint density at radius 3 is 3.12 bits per heavy atom. The molecule has 0 aliphatic carbocycles. The van der Waals surface area contributed by atoms with Gasteiger partial charge in [0.05, 0.1) is 6.04 Å². The fourth-order valence-electron chi connectivity index (χ4n) is 1.92. The SMILES string of the molecule is CC(NC1CCCNC1=O)c1sccc1Br. The number of carbonyl (C=O) groups excluding carboxylic acids is 1. The Bertz CT molecular complexity index is 380. The van der Waals surface area contributed by atoms with Gasteiger partial charge in [0, 0.05) is 21.9 Å². The van der Waals surface area contributed by atoms with Gasteiger partial charge >= 0.3 is 0 Å². The largest absolute Gasteiger partial charge is 0.355 e. The Labute approximate surface area is 108 Å². The van der Waals surface area contributed by atoms with E-state index in [1.807, 2.05) is 6.07 Å². The number of thiophene rings is 1. The van der Waals surface area contributed by atoms with E-state index < -0.39 is 0 Å². The maximum atomic E-state index is 11.6. The first-order chi connectivity index (χ1) is 7.68. The predicted molar refractivity (Wildman–Crippen MR) is 69.6 cm³/mol. The first kappa shape index (κ1) is 12.1. The van der Waals surface area contributed by atoms with E-state index in [-0.39, 0.29) is 18.0 Å². The maximum absolute atomic E-state index is 11.6. The first-order valence-corrected chi connectivity index (χ1v) is 7.12. The Morgan fingerprint density at radius 2 is 2.50 bits per heavy atom. The molecule has 0 radical (unpaired) electrons. The van der Waals surface area contributed by atoms with Crippen molar-refractivity contribution in [1.29, 1.82) is 0 Å². The standard InChI is InChI=1S/C11H15BrN2OS/c1-7(10-8(12)4-6-16-10)14-9-3-2-5-13-11(9)15/h4,6-7,9,14H,2-3,5H2,1H3,(H,13,15). The molecule has 1 aromatic rings. The van der Waals surface area contributed by atoms with E-state index in [1.165, 1.54) is 4.88 Å². The predicted octanol–water partition coefficient (Wildman–Crippen LogP) is 2.44. The molecule has 0 spiro atoms. The number of amides is 1.